The first-order valence-electron chi connectivity index (χ1n) is 8.55. The summed E-state index contributed by atoms with van der Waals surface area (Å²) in [6.07, 6.45) is -0.470. The highest BCUT2D eigenvalue weighted by molar-refractivity contribution is 7.14. The topological polar surface area (TPSA) is 38.3 Å². The summed E-state index contributed by atoms with van der Waals surface area (Å²) in [7, 11) is 0. The van der Waals surface area contributed by atoms with Gasteiger partial charge >= 0.3 is 6.09 Å². The van der Waals surface area contributed by atoms with Gasteiger partial charge in [0.15, 0.2) is 0 Å². The largest absolute Gasteiger partial charge is 0.449 e. The molecule has 1 aromatic heterocycles. The van der Waals surface area contributed by atoms with Crippen molar-refractivity contribution >= 4 is 29.0 Å². The summed E-state index contributed by atoms with van der Waals surface area (Å²) < 4.78 is 6.11. The van der Waals surface area contributed by atoms with Gasteiger partial charge in [0.05, 0.1) is 12.1 Å². The second-order valence-corrected chi connectivity index (χ2v) is 7.61. The number of amides is 1. The zero-order chi connectivity index (χ0) is 18.6. The Morgan fingerprint density at radius 1 is 1.07 bits per heavy atom. The van der Waals surface area contributed by atoms with Crippen LogP contribution >= 0.6 is 22.9 Å². The number of carbonyl (C=O) groups excluding carboxylic acids is 1. The van der Waals surface area contributed by atoms with Gasteiger partial charge in [-0.2, -0.15) is 0 Å². The van der Waals surface area contributed by atoms with Crippen molar-refractivity contribution in [3.8, 4) is 23.0 Å². The van der Waals surface area contributed by atoms with E-state index in [4.69, 9.17) is 16.3 Å². The van der Waals surface area contributed by atoms with E-state index in [1.165, 1.54) is 33.6 Å². The van der Waals surface area contributed by atoms with Crippen LogP contribution in [0, 0.1) is 11.8 Å². The summed E-state index contributed by atoms with van der Waals surface area (Å²) in [6.45, 7) is 0.506. The third-order valence-corrected chi connectivity index (χ3v) is 5.68. The molecular weight excluding hydrogens is 378 g/mol. The first-order valence-corrected chi connectivity index (χ1v) is 9.80. The standard InChI is InChI=1S/C22H16ClNO2S/c23-21-15(11-13-27-21)6-5-12-24-22(25)26-14-20-18-9-3-1-7-16(18)17-8-2-4-10-19(17)20/h1-4,7-11,13,20H,12,14H2,(H,24,25). The van der Waals surface area contributed by atoms with Crippen LogP contribution in [0.4, 0.5) is 4.79 Å². The van der Waals surface area contributed by atoms with Crippen LogP contribution in [0.15, 0.2) is 60.0 Å². The fraction of sp³-hybridized carbons (Fsp3) is 0.136. The molecule has 134 valence electrons. The molecule has 1 heterocycles. The van der Waals surface area contributed by atoms with Crippen LogP contribution in [-0.2, 0) is 4.74 Å². The third kappa shape index (κ3) is 3.71. The summed E-state index contributed by atoms with van der Waals surface area (Å²) in [4.78, 5) is 12.0. The van der Waals surface area contributed by atoms with Crippen LogP contribution in [0.25, 0.3) is 11.1 Å². The number of fused-ring (bicyclic) bond motifs is 3. The SMILES string of the molecule is O=C(NCC#Cc1ccsc1Cl)OCC1c2ccccc2-c2ccccc21. The second kappa shape index (κ2) is 7.87. The van der Waals surface area contributed by atoms with Crippen molar-refractivity contribution in [1.29, 1.82) is 0 Å². The van der Waals surface area contributed by atoms with Crippen molar-refractivity contribution in [3.63, 3.8) is 0 Å². The molecule has 3 nitrogen and oxygen atoms in total. The van der Waals surface area contributed by atoms with Crippen LogP contribution in [0.1, 0.15) is 22.6 Å². The molecule has 1 N–H and O–H groups in total. The van der Waals surface area contributed by atoms with Crippen molar-refractivity contribution in [3.05, 3.63) is 81.0 Å². The maximum absolute atomic E-state index is 12.0. The van der Waals surface area contributed by atoms with Crippen molar-refractivity contribution in [1.82, 2.24) is 5.32 Å². The van der Waals surface area contributed by atoms with Gasteiger partial charge in [0.25, 0.3) is 0 Å². The number of nitrogens with one attached hydrogen (secondary N) is 1. The van der Waals surface area contributed by atoms with Crippen molar-refractivity contribution < 1.29 is 9.53 Å². The van der Waals surface area contributed by atoms with Crippen molar-refractivity contribution in [2.24, 2.45) is 0 Å². The van der Waals surface area contributed by atoms with E-state index in [2.05, 4.69) is 41.4 Å². The number of alkyl carbamates (subject to hydrolysis) is 1. The number of rotatable bonds is 3. The summed E-state index contributed by atoms with van der Waals surface area (Å²) in [5.74, 6) is 5.86. The minimum Gasteiger partial charge on any atom is -0.449 e. The third-order valence-electron chi connectivity index (χ3n) is 4.51. The first-order chi connectivity index (χ1) is 13.2. The molecule has 1 aliphatic rings. The van der Waals surface area contributed by atoms with Gasteiger partial charge in [-0.3, -0.25) is 0 Å². The molecule has 3 aromatic rings. The number of carbonyl (C=O) groups is 1. The number of benzene rings is 2. The normalized spacial score (nSPS) is 11.9. The highest BCUT2D eigenvalue weighted by atomic mass is 35.5. The second-order valence-electron chi connectivity index (χ2n) is 6.09. The first kappa shape index (κ1) is 17.7. The van der Waals surface area contributed by atoms with Gasteiger partial charge < -0.3 is 10.1 Å². The lowest BCUT2D eigenvalue weighted by molar-refractivity contribution is 0.144. The average Bonchev–Trinajstić information content (AvgIpc) is 3.25. The van der Waals surface area contributed by atoms with E-state index in [0.717, 1.165) is 5.56 Å². The Balaban J connectivity index is 1.37. The quantitative estimate of drug-likeness (QED) is 0.614. The molecule has 0 fully saturated rings. The van der Waals surface area contributed by atoms with Crippen LogP contribution in [0.3, 0.4) is 0 Å². The van der Waals surface area contributed by atoms with Gasteiger partial charge in [-0.05, 0) is 33.7 Å². The van der Waals surface area contributed by atoms with E-state index >= 15 is 0 Å². The van der Waals surface area contributed by atoms with Gasteiger partial charge in [-0.15, -0.1) is 11.3 Å². The van der Waals surface area contributed by atoms with Gasteiger partial charge in [0.2, 0.25) is 0 Å². The summed E-state index contributed by atoms with van der Waals surface area (Å²) in [6, 6.07) is 18.4. The summed E-state index contributed by atoms with van der Waals surface area (Å²) in [5, 5.41) is 4.54. The number of halogens is 1. The maximum Gasteiger partial charge on any atom is 0.407 e. The zero-order valence-corrected chi connectivity index (χ0v) is 15.9. The molecule has 0 unspecified atom stereocenters. The highest BCUT2D eigenvalue weighted by Crippen LogP contribution is 2.44. The molecule has 0 atom stereocenters. The average molecular weight is 394 g/mol. The number of thiophene rings is 1. The molecule has 0 spiro atoms. The Labute approximate surface area is 166 Å². The van der Waals surface area contributed by atoms with E-state index in [1.807, 2.05) is 35.7 Å². The van der Waals surface area contributed by atoms with E-state index in [0.29, 0.717) is 10.9 Å². The van der Waals surface area contributed by atoms with Gasteiger partial charge in [0, 0.05) is 5.92 Å². The van der Waals surface area contributed by atoms with Crippen LogP contribution < -0.4 is 5.32 Å². The lowest BCUT2D eigenvalue weighted by Crippen LogP contribution is -2.26. The van der Waals surface area contributed by atoms with E-state index < -0.39 is 6.09 Å². The molecule has 1 amide bonds. The monoisotopic (exact) mass is 393 g/mol. The molecule has 0 aliphatic heterocycles. The van der Waals surface area contributed by atoms with Crippen molar-refractivity contribution in [2.75, 3.05) is 13.2 Å². The minimum absolute atomic E-state index is 0.0545. The molecule has 4 rings (SSSR count). The lowest BCUT2D eigenvalue weighted by atomic mass is 9.98. The van der Waals surface area contributed by atoms with E-state index in [1.54, 1.807) is 0 Å². The lowest BCUT2D eigenvalue weighted by Gasteiger charge is -2.14. The Morgan fingerprint density at radius 3 is 2.37 bits per heavy atom. The fourth-order valence-electron chi connectivity index (χ4n) is 3.29. The van der Waals surface area contributed by atoms with Gasteiger partial charge in [-0.1, -0.05) is 72.0 Å². The smallest absolute Gasteiger partial charge is 0.407 e. The van der Waals surface area contributed by atoms with Crippen molar-refractivity contribution in [2.45, 2.75) is 5.92 Å². The van der Waals surface area contributed by atoms with Crippen LogP contribution in [0.2, 0.25) is 4.34 Å². The predicted octanol–water partition coefficient (Wildman–Crippen LogP) is 5.29. The predicted molar refractivity (Wildman–Crippen MR) is 109 cm³/mol. The Kier molecular flexibility index (Phi) is 5.15. The molecule has 5 heteroatoms. The van der Waals surface area contributed by atoms with Gasteiger partial charge in [0.1, 0.15) is 10.9 Å². The summed E-state index contributed by atoms with van der Waals surface area (Å²) in [5.41, 5.74) is 5.58. The number of hydrogen-bond acceptors (Lipinski definition) is 3. The number of hydrogen-bond donors (Lipinski definition) is 1. The van der Waals surface area contributed by atoms with Crippen LogP contribution in [-0.4, -0.2) is 19.2 Å². The Hall–Kier alpha value is -2.74. The number of ether oxygens (including phenoxy) is 1. The Morgan fingerprint density at radius 2 is 1.74 bits per heavy atom. The molecule has 0 radical (unpaired) electrons. The fourth-order valence-corrected chi connectivity index (χ4v) is 4.12. The summed E-state index contributed by atoms with van der Waals surface area (Å²) >= 11 is 7.42. The Bertz CT molecular complexity index is 1000. The molecule has 0 bridgehead atoms. The molecule has 2 aromatic carbocycles. The van der Waals surface area contributed by atoms with E-state index in [9.17, 15) is 4.79 Å². The van der Waals surface area contributed by atoms with E-state index in [-0.39, 0.29) is 12.5 Å². The molecule has 27 heavy (non-hydrogen) atoms. The molecule has 0 saturated carbocycles. The maximum atomic E-state index is 12.0. The minimum atomic E-state index is -0.470. The highest BCUT2D eigenvalue weighted by Gasteiger charge is 2.28. The van der Waals surface area contributed by atoms with Gasteiger partial charge in [-0.25, -0.2) is 4.79 Å². The molecular formula is C22H16ClNO2S. The molecule has 1 aliphatic carbocycles. The zero-order valence-electron chi connectivity index (χ0n) is 14.4. The molecule has 0 saturated heterocycles. The van der Waals surface area contributed by atoms with Crippen LogP contribution in [0.5, 0.6) is 0 Å².